The summed E-state index contributed by atoms with van der Waals surface area (Å²) < 4.78 is 13.5. The molecule has 1 amide bonds. The molecule has 0 radical (unpaired) electrons. The van der Waals surface area contributed by atoms with E-state index in [0.29, 0.717) is 16.8 Å². The Hall–Kier alpha value is -2.94. The predicted octanol–water partition coefficient (Wildman–Crippen LogP) is 4.42. The zero-order valence-electron chi connectivity index (χ0n) is 11.6. The fraction of sp³-hybridized carbons (Fsp3) is 0. The highest BCUT2D eigenvalue weighted by Crippen LogP contribution is 2.35. The number of fused-ring (bicyclic) bond motifs is 2. The van der Waals surface area contributed by atoms with Crippen molar-refractivity contribution in [3.05, 3.63) is 77.6 Å². The molecule has 0 bridgehead atoms. The van der Waals surface area contributed by atoms with E-state index in [0.717, 1.165) is 16.7 Å². The first kappa shape index (κ1) is 12.8. The number of nitrogens with one attached hydrogen (secondary N) is 1. The lowest BCUT2D eigenvalue weighted by Gasteiger charge is -2.01. The molecule has 0 saturated carbocycles. The first-order valence-corrected chi connectivity index (χ1v) is 7.03. The van der Waals surface area contributed by atoms with Crippen molar-refractivity contribution in [1.29, 1.82) is 0 Å². The van der Waals surface area contributed by atoms with Gasteiger partial charge in [-0.2, -0.15) is 0 Å². The van der Waals surface area contributed by atoms with Crippen LogP contribution < -0.4 is 5.32 Å². The van der Waals surface area contributed by atoms with E-state index in [-0.39, 0.29) is 11.7 Å². The van der Waals surface area contributed by atoms with E-state index in [1.54, 1.807) is 6.07 Å². The molecule has 0 aromatic heterocycles. The third-order valence-electron chi connectivity index (χ3n) is 3.89. The molecule has 0 unspecified atom stereocenters. The zero-order valence-corrected chi connectivity index (χ0v) is 11.6. The first-order valence-electron chi connectivity index (χ1n) is 7.03. The van der Waals surface area contributed by atoms with Gasteiger partial charge in [0, 0.05) is 16.8 Å². The topological polar surface area (TPSA) is 29.1 Å². The molecule has 0 saturated heterocycles. The van der Waals surface area contributed by atoms with Gasteiger partial charge < -0.3 is 5.32 Å². The number of hydrogen-bond acceptors (Lipinski definition) is 1. The van der Waals surface area contributed by atoms with Crippen LogP contribution in [0.3, 0.4) is 0 Å². The largest absolute Gasteiger partial charge is 0.321 e. The quantitative estimate of drug-likeness (QED) is 0.660. The average Bonchev–Trinajstić information content (AvgIpc) is 3.02. The summed E-state index contributed by atoms with van der Waals surface area (Å²) in [5, 5.41) is 2.77. The van der Waals surface area contributed by atoms with Gasteiger partial charge in [-0.25, -0.2) is 4.39 Å². The molecular weight excluding hydrogens is 277 g/mol. The lowest BCUT2D eigenvalue weighted by atomic mass is 10.0. The highest BCUT2D eigenvalue weighted by molar-refractivity contribution is 6.35. The molecule has 3 aliphatic rings. The Morgan fingerprint density at radius 2 is 1.73 bits per heavy atom. The van der Waals surface area contributed by atoms with Crippen molar-refractivity contribution in [2.45, 2.75) is 0 Å². The highest BCUT2D eigenvalue weighted by Gasteiger charge is 2.24. The van der Waals surface area contributed by atoms with Gasteiger partial charge in [0.25, 0.3) is 5.91 Å². The third kappa shape index (κ3) is 1.99. The van der Waals surface area contributed by atoms with E-state index >= 15 is 0 Å². The molecule has 0 fully saturated rings. The number of halogens is 1. The second-order valence-electron chi connectivity index (χ2n) is 5.27. The smallest absolute Gasteiger partial charge is 0.256 e. The number of benzene rings is 1. The number of carbonyl (C=O) groups is 1. The number of hydrogen-bond donors (Lipinski definition) is 1. The molecule has 1 heterocycles. The third-order valence-corrected chi connectivity index (χ3v) is 3.89. The Morgan fingerprint density at radius 1 is 0.909 bits per heavy atom. The average molecular weight is 289 g/mol. The molecule has 1 N–H and O–H groups in total. The van der Waals surface area contributed by atoms with E-state index in [1.165, 1.54) is 12.1 Å². The van der Waals surface area contributed by atoms with Crippen LogP contribution in [0.15, 0.2) is 60.7 Å². The summed E-state index contributed by atoms with van der Waals surface area (Å²) in [6.45, 7) is 0. The normalized spacial score (nSPS) is 15.1. The van der Waals surface area contributed by atoms with Gasteiger partial charge in [0.05, 0.1) is 0 Å². The molecule has 1 aliphatic heterocycles. The van der Waals surface area contributed by atoms with Crippen molar-refractivity contribution in [2.75, 3.05) is 5.32 Å². The summed E-state index contributed by atoms with van der Waals surface area (Å²) in [6, 6.07) is 18.2. The van der Waals surface area contributed by atoms with Gasteiger partial charge in [0.2, 0.25) is 0 Å². The Labute approximate surface area is 127 Å². The van der Waals surface area contributed by atoms with Crippen LogP contribution in [0.25, 0.3) is 22.8 Å². The van der Waals surface area contributed by atoms with Crippen LogP contribution in [-0.2, 0) is 4.79 Å². The number of rotatable bonds is 1. The van der Waals surface area contributed by atoms with Crippen LogP contribution in [0.1, 0.15) is 11.1 Å². The second kappa shape index (κ2) is 4.81. The molecule has 3 heteroatoms. The van der Waals surface area contributed by atoms with Gasteiger partial charge in [-0.3, -0.25) is 4.79 Å². The molecule has 22 heavy (non-hydrogen) atoms. The van der Waals surface area contributed by atoms with E-state index in [4.69, 9.17) is 0 Å². The van der Waals surface area contributed by atoms with Crippen molar-refractivity contribution in [1.82, 2.24) is 0 Å². The molecule has 0 spiro atoms. The molecule has 1 aromatic carbocycles. The fourth-order valence-electron chi connectivity index (χ4n) is 2.84. The number of carbonyl (C=O) groups excluding carboxylic acids is 1. The Kier molecular flexibility index (Phi) is 2.79. The molecular formula is C19H12FNO. The lowest BCUT2D eigenvalue weighted by molar-refractivity contribution is -0.110. The summed E-state index contributed by atoms with van der Waals surface area (Å²) in [5.41, 5.74) is 4.85. The van der Waals surface area contributed by atoms with Crippen molar-refractivity contribution in [2.24, 2.45) is 0 Å². The van der Waals surface area contributed by atoms with Crippen LogP contribution in [-0.4, -0.2) is 5.91 Å². The minimum absolute atomic E-state index is 0.202. The van der Waals surface area contributed by atoms with Crippen LogP contribution >= 0.6 is 0 Å². The summed E-state index contributed by atoms with van der Waals surface area (Å²) in [5.74, 6) is -0.551. The first-order chi connectivity index (χ1) is 10.7. The monoisotopic (exact) mass is 289 g/mol. The lowest BCUT2D eigenvalue weighted by Crippen LogP contribution is -2.03. The van der Waals surface area contributed by atoms with Gasteiger partial charge in [-0.1, -0.05) is 42.5 Å². The van der Waals surface area contributed by atoms with Crippen LogP contribution in [0.2, 0.25) is 0 Å². The number of amides is 1. The molecule has 0 atom stereocenters. The maximum atomic E-state index is 13.5. The summed E-state index contributed by atoms with van der Waals surface area (Å²) >= 11 is 0. The van der Waals surface area contributed by atoms with Gasteiger partial charge in [0.1, 0.15) is 5.82 Å². The fourth-order valence-corrected chi connectivity index (χ4v) is 2.84. The maximum Gasteiger partial charge on any atom is 0.256 e. The van der Waals surface area contributed by atoms with Crippen LogP contribution in [0, 0.1) is 5.82 Å². The second-order valence-corrected chi connectivity index (χ2v) is 5.27. The van der Waals surface area contributed by atoms with Gasteiger partial charge in [-0.05, 0) is 41.0 Å². The van der Waals surface area contributed by atoms with Crippen molar-refractivity contribution < 1.29 is 9.18 Å². The predicted molar refractivity (Wildman–Crippen MR) is 86.0 cm³/mol. The maximum absolute atomic E-state index is 13.5. The highest BCUT2D eigenvalue weighted by atomic mass is 19.1. The minimum atomic E-state index is -0.349. The molecule has 1 aromatic rings. The van der Waals surface area contributed by atoms with Crippen molar-refractivity contribution in [3.8, 4) is 11.1 Å². The summed E-state index contributed by atoms with van der Waals surface area (Å²) in [4.78, 5) is 12.2. The Balaban J connectivity index is 1.91. The molecule has 2 aliphatic carbocycles. The van der Waals surface area contributed by atoms with Crippen LogP contribution in [0.5, 0.6) is 0 Å². The molecule has 2 nitrogen and oxygen atoms in total. The van der Waals surface area contributed by atoms with Gasteiger partial charge >= 0.3 is 0 Å². The Morgan fingerprint density at radius 3 is 2.64 bits per heavy atom. The SMILES string of the molecule is O=C1Nc2ccc(F)cc2/C1=C/c1ccccc2cccc1-2. The van der Waals surface area contributed by atoms with Crippen molar-refractivity contribution in [3.63, 3.8) is 0 Å². The number of anilines is 1. The van der Waals surface area contributed by atoms with E-state index < -0.39 is 0 Å². The summed E-state index contributed by atoms with van der Waals surface area (Å²) in [6.07, 6.45) is 1.82. The minimum Gasteiger partial charge on any atom is -0.321 e. The van der Waals surface area contributed by atoms with Gasteiger partial charge in [-0.15, -0.1) is 0 Å². The van der Waals surface area contributed by atoms with E-state index in [9.17, 15) is 9.18 Å². The zero-order chi connectivity index (χ0) is 15.1. The van der Waals surface area contributed by atoms with Crippen LogP contribution in [0.4, 0.5) is 10.1 Å². The van der Waals surface area contributed by atoms with Crippen molar-refractivity contribution >= 4 is 23.2 Å². The molecule has 106 valence electrons. The Bertz CT molecular complexity index is 898. The standard InChI is InChI=1S/C19H12FNO/c20-14-8-9-18-16(11-14)17(19(22)21-18)10-13-5-2-1-4-12-6-3-7-15(12)13/h1-11H,(H,21,22)/b17-10-. The summed E-state index contributed by atoms with van der Waals surface area (Å²) in [7, 11) is 0. The molecule has 4 rings (SSSR count). The van der Waals surface area contributed by atoms with E-state index in [1.807, 2.05) is 48.5 Å². The van der Waals surface area contributed by atoms with Gasteiger partial charge in [0.15, 0.2) is 0 Å². The van der Waals surface area contributed by atoms with E-state index in [2.05, 4.69) is 5.32 Å².